The predicted octanol–water partition coefficient (Wildman–Crippen LogP) is 1.17. The van der Waals surface area contributed by atoms with Crippen molar-refractivity contribution in [1.82, 2.24) is 15.8 Å². The van der Waals surface area contributed by atoms with E-state index >= 15 is 0 Å². The molecule has 1 aliphatic carbocycles. The molecule has 2 saturated heterocycles. The van der Waals surface area contributed by atoms with Crippen LogP contribution in [0.25, 0.3) is 0 Å². The van der Waals surface area contributed by atoms with Crippen LogP contribution in [0.4, 0.5) is 5.82 Å². The Hall–Kier alpha value is -1.95. The topological polar surface area (TPSA) is 74.3 Å². The monoisotopic (exact) mass is 314 g/mol. The summed E-state index contributed by atoms with van der Waals surface area (Å²) in [6.07, 6.45) is 7.70. The van der Waals surface area contributed by atoms with Crippen molar-refractivity contribution < 1.29 is 9.59 Å². The Balaban J connectivity index is 1.50. The number of β-lactam (4-membered cyclic amide) rings is 1. The number of aromatic nitrogens is 1. The number of hydrogen-bond donors (Lipinski definition) is 2. The maximum atomic E-state index is 12.0. The second-order valence-corrected chi connectivity index (χ2v) is 6.82. The minimum atomic E-state index is 0.144. The van der Waals surface area contributed by atoms with Crippen molar-refractivity contribution in [1.29, 1.82) is 0 Å². The van der Waals surface area contributed by atoms with E-state index in [1.54, 1.807) is 11.1 Å². The third-order valence-electron chi connectivity index (χ3n) is 5.45. The summed E-state index contributed by atoms with van der Waals surface area (Å²) in [4.78, 5) is 29.6. The highest BCUT2D eigenvalue weighted by atomic mass is 16.2. The predicted molar refractivity (Wildman–Crippen MR) is 85.4 cm³/mol. The maximum absolute atomic E-state index is 12.0. The molecule has 3 heterocycles. The van der Waals surface area contributed by atoms with Crippen molar-refractivity contribution in [2.24, 2.45) is 11.8 Å². The summed E-state index contributed by atoms with van der Waals surface area (Å²) in [6.45, 7) is 0.762. The van der Waals surface area contributed by atoms with E-state index in [9.17, 15) is 9.59 Å². The number of nitrogens with zero attached hydrogens (tertiary/aromatic N) is 2. The van der Waals surface area contributed by atoms with Crippen molar-refractivity contribution in [3.8, 4) is 0 Å². The molecule has 4 rings (SSSR count). The molecular formula is C17H22N4O2. The normalized spacial score (nSPS) is 30.4. The standard InChI is InChI=1S/C17H22N4O2/c22-16-6-8-21(16)15-10-11(5-7-18-15)9-14-12-3-1-2-4-13(12)17(23)20-19-14/h5,7,10,12-14,19H,1-4,6,8-9H2,(H,20,23). The van der Waals surface area contributed by atoms with E-state index in [2.05, 4.69) is 15.8 Å². The van der Waals surface area contributed by atoms with E-state index in [0.29, 0.717) is 12.3 Å². The molecule has 1 saturated carbocycles. The lowest BCUT2D eigenvalue weighted by Crippen LogP contribution is -2.60. The number of hydrazine groups is 1. The molecule has 6 nitrogen and oxygen atoms in total. The lowest BCUT2D eigenvalue weighted by Gasteiger charge is -2.41. The van der Waals surface area contributed by atoms with Crippen molar-refractivity contribution in [2.45, 2.75) is 44.6 Å². The number of fused-ring (bicyclic) bond motifs is 1. The highest BCUT2D eigenvalue weighted by molar-refractivity contribution is 5.98. The first kappa shape index (κ1) is 14.6. The Morgan fingerprint density at radius 2 is 2.13 bits per heavy atom. The Morgan fingerprint density at radius 1 is 1.26 bits per heavy atom. The number of pyridine rings is 1. The largest absolute Gasteiger partial charge is 0.296 e. The van der Waals surface area contributed by atoms with Gasteiger partial charge in [0.2, 0.25) is 11.8 Å². The third kappa shape index (κ3) is 2.72. The third-order valence-corrected chi connectivity index (χ3v) is 5.45. The molecule has 23 heavy (non-hydrogen) atoms. The van der Waals surface area contributed by atoms with Gasteiger partial charge in [0, 0.05) is 31.1 Å². The van der Waals surface area contributed by atoms with Crippen LogP contribution in [-0.4, -0.2) is 29.4 Å². The summed E-state index contributed by atoms with van der Waals surface area (Å²) in [7, 11) is 0. The van der Waals surface area contributed by atoms with Crippen LogP contribution < -0.4 is 15.8 Å². The number of carbonyl (C=O) groups is 2. The number of amides is 2. The van der Waals surface area contributed by atoms with Gasteiger partial charge in [0.25, 0.3) is 0 Å². The Bertz CT molecular complexity index is 633. The van der Waals surface area contributed by atoms with Gasteiger partial charge in [0.05, 0.1) is 0 Å². The molecule has 1 aromatic rings. The van der Waals surface area contributed by atoms with Gasteiger partial charge in [-0.15, -0.1) is 0 Å². The number of nitrogens with one attached hydrogen (secondary N) is 2. The number of hydrogen-bond acceptors (Lipinski definition) is 4. The molecule has 0 spiro atoms. The summed E-state index contributed by atoms with van der Waals surface area (Å²) in [5, 5.41) is 0. The van der Waals surface area contributed by atoms with E-state index in [-0.39, 0.29) is 23.8 Å². The number of anilines is 1. The van der Waals surface area contributed by atoms with Crippen molar-refractivity contribution >= 4 is 17.6 Å². The molecular weight excluding hydrogens is 292 g/mol. The van der Waals surface area contributed by atoms with Crippen LogP contribution in [0.1, 0.15) is 37.7 Å². The Kier molecular flexibility index (Phi) is 3.77. The smallest absolute Gasteiger partial charge is 0.237 e. The van der Waals surface area contributed by atoms with Gasteiger partial charge in [-0.05, 0) is 42.9 Å². The molecule has 2 N–H and O–H groups in total. The van der Waals surface area contributed by atoms with E-state index in [0.717, 1.165) is 43.6 Å². The number of carbonyl (C=O) groups excluding carboxylic acids is 2. The van der Waals surface area contributed by atoms with E-state index in [1.165, 1.54) is 6.42 Å². The Labute approximate surface area is 135 Å². The molecule has 0 aromatic carbocycles. The van der Waals surface area contributed by atoms with E-state index in [4.69, 9.17) is 0 Å². The van der Waals surface area contributed by atoms with Crippen LogP contribution in [0.5, 0.6) is 0 Å². The average molecular weight is 314 g/mol. The van der Waals surface area contributed by atoms with Gasteiger partial charge in [0.1, 0.15) is 5.82 Å². The first-order chi connectivity index (χ1) is 11.2. The van der Waals surface area contributed by atoms with Crippen molar-refractivity contribution in [3.63, 3.8) is 0 Å². The highest BCUT2D eigenvalue weighted by Crippen LogP contribution is 2.35. The molecule has 0 bridgehead atoms. The van der Waals surface area contributed by atoms with Crippen LogP contribution in [0.3, 0.4) is 0 Å². The Morgan fingerprint density at radius 3 is 2.91 bits per heavy atom. The van der Waals surface area contributed by atoms with Gasteiger partial charge in [0.15, 0.2) is 0 Å². The minimum Gasteiger partial charge on any atom is -0.296 e. The minimum absolute atomic E-state index is 0.144. The average Bonchev–Trinajstić information content (AvgIpc) is 2.57. The van der Waals surface area contributed by atoms with Crippen LogP contribution >= 0.6 is 0 Å². The fourth-order valence-electron chi connectivity index (χ4n) is 4.08. The molecule has 2 aliphatic heterocycles. The summed E-state index contributed by atoms with van der Waals surface area (Å²) >= 11 is 0. The van der Waals surface area contributed by atoms with Crippen LogP contribution in [-0.2, 0) is 16.0 Å². The van der Waals surface area contributed by atoms with Crippen LogP contribution in [0.15, 0.2) is 18.3 Å². The van der Waals surface area contributed by atoms with Crippen LogP contribution in [0.2, 0.25) is 0 Å². The molecule has 3 aliphatic rings. The van der Waals surface area contributed by atoms with Crippen molar-refractivity contribution in [2.75, 3.05) is 11.4 Å². The van der Waals surface area contributed by atoms with E-state index in [1.807, 2.05) is 12.1 Å². The molecule has 1 aromatic heterocycles. The number of rotatable bonds is 3. The van der Waals surface area contributed by atoms with E-state index < -0.39 is 0 Å². The highest BCUT2D eigenvalue weighted by Gasteiger charge is 2.39. The van der Waals surface area contributed by atoms with Gasteiger partial charge in [-0.3, -0.25) is 19.9 Å². The molecule has 6 heteroatoms. The lowest BCUT2D eigenvalue weighted by atomic mass is 9.72. The van der Waals surface area contributed by atoms with Gasteiger partial charge in [-0.2, -0.15) is 0 Å². The molecule has 3 unspecified atom stereocenters. The lowest BCUT2D eigenvalue weighted by molar-refractivity contribution is -0.133. The van der Waals surface area contributed by atoms with Gasteiger partial charge < -0.3 is 0 Å². The molecule has 3 fully saturated rings. The van der Waals surface area contributed by atoms with Gasteiger partial charge in [-0.1, -0.05) is 12.8 Å². The first-order valence-corrected chi connectivity index (χ1v) is 8.53. The molecule has 2 amide bonds. The fourth-order valence-corrected chi connectivity index (χ4v) is 4.08. The second kappa shape index (κ2) is 5.92. The molecule has 0 radical (unpaired) electrons. The molecule has 3 atom stereocenters. The van der Waals surface area contributed by atoms with Crippen LogP contribution in [0, 0.1) is 11.8 Å². The van der Waals surface area contributed by atoms with Gasteiger partial charge >= 0.3 is 0 Å². The summed E-state index contributed by atoms with van der Waals surface area (Å²) in [5.41, 5.74) is 7.21. The zero-order chi connectivity index (χ0) is 15.8. The fraction of sp³-hybridized carbons (Fsp3) is 0.588. The zero-order valence-electron chi connectivity index (χ0n) is 13.1. The summed E-state index contributed by atoms with van der Waals surface area (Å²) in [5.74, 6) is 1.59. The second-order valence-electron chi connectivity index (χ2n) is 6.82. The SMILES string of the molecule is O=C1NNC(Cc2ccnc(N3CCC3=O)c2)C2CCCCC12. The maximum Gasteiger partial charge on any atom is 0.237 e. The zero-order valence-corrected chi connectivity index (χ0v) is 13.1. The summed E-state index contributed by atoms with van der Waals surface area (Å²) < 4.78 is 0. The molecule has 122 valence electrons. The quantitative estimate of drug-likeness (QED) is 0.821. The van der Waals surface area contributed by atoms with Gasteiger partial charge in [-0.25, -0.2) is 10.4 Å². The van der Waals surface area contributed by atoms with Crippen molar-refractivity contribution in [3.05, 3.63) is 23.9 Å². The summed E-state index contributed by atoms with van der Waals surface area (Å²) in [6, 6.07) is 4.26. The first-order valence-electron chi connectivity index (χ1n) is 8.53.